The number of aliphatic carboxylic acids is 1. The third-order valence-corrected chi connectivity index (χ3v) is 2.18. The van der Waals surface area contributed by atoms with Crippen LogP contribution >= 0.6 is 12.6 Å². The van der Waals surface area contributed by atoms with Crippen LogP contribution in [0, 0.1) is 0 Å². The van der Waals surface area contributed by atoms with Crippen molar-refractivity contribution >= 4 is 36.5 Å². The van der Waals surface area contributed by atoms with E-state index in [1.165, 1.54) is 0 Å². The van der Waals surface area contributed by atoms with Crippen LogP contribution in [0.4, 0.5) is 0 Å². The standard InChI is InChI=1S/C6H12N2O4S.C4H8N2O3/c7-3(5(9)10)1-12-6(11)4(8)2-13;5-1-3(7)9-4(8)2-6/h3-4,13H,1-2,7-8H2,(H,9,10);1-2,5-6H2/t3-,4-;/m0./s1. The van der Waals surface area contributed by atoms with Crippen molar-refractivity contribution in [3.05, 3.63) is 0 Å². The summed E-state index contributed by atoms with van der Waals surface area (Å²) in [6, 6.07) is -2.06. The Hall–Kier alpha value is -1.73. The van der Waals surface area contributed by atoms with Crippen molar-refractivity contribution in [1.82, 2.24) is 0 Å². The molecule has 0 aliphatic heterocycles. The largest absolute Gasteiger partial charge is 0.480 e. The van der Waals surface area contributed by atoms with Gasteiger partial charge in [-0.15, -0.1) is 0 Å². The second-order valence-corrected chi connectivity index (χ2v) is 3.98. The van der Waals surface area contributed by atoms with Crippen molar-refractivity contribution < 1.29 is 33.8 Å². The molecule has 0 aliphatic rings. The highest BCUT2D eigenvalue weighted by atomic mass is 32.1. The van der Waals surface area contributed by atoms with Crippen molar-refractivity contribution in [2.75, 3.05) is 25.4 Å². The summed E-state index contributed by atoms with van der Waals surface area (Å²) in [5.41, 5.74) is 19.9. The van der Waals surface area contributed by atoms with Crippen molar-refractivity contribution in [3.8, 4) is 0 Å². The minimum atomic E-state index is -1.23. The van der Waals surface area contributed by atoms with E-state index >= 15 is 0 Å². The maximum absolute atomic E-state index is 10.9. The van der Waals surface area contributed by atoms with E-state index in [0.29, 0.717) is 0 Å². The Morgan fingerprint density at radius 2 is 1.45 bits per heavy atom. The van der Waals surface area contributed by atoms with Crippen molar-refractivity contribution in [2.24, 2.45) is 22.9 Å². The van der Waals surface area contributed by atoms with E-state index in [1.54, 1.807) is 0 Å². The molecule has 128 valence electrons. The fraction of sp³-hybridized carbons (Fsp3) is 0.600. The van der Waals surface area contributed by atoms with Crippen LogP contribution in [-0.2, 0) is 28.7 Å². The Bertz CT molecular complexity index is 379. The molecule has 12 heteroatoms. The van der Waals surface area contributed by atoms with Gasteiger partial charge in [0.15, 0.2) is 0 Å². The number of carboxylic acid groups (broad SMARTS) is 1. The highest BCUT2D eigenvalue weighted by Gasteiger charge is 2.17. The number of carbonyl (C=O) groups is 4. The number of thiol groups is 1. The van der Waals surface area contributed by atoms with Gasteiger partial charge >= 0.3 is 23.9 Å². The molecule has 9 N–H and O–H groups in total. The molecule has 11 nitrogen and oxygen atoms in total. The number of hydrogen-bond acceptors (Lipinski definition) is 11. The third-order valence-electron chi connectivity index (χ3n) is 1.78. The van der Waals surface area contributed by atoms with E-state index in [-0.39, 0.29) is 25.4 Å². The van der Waals surface area contributed by atoms with Gasteiger partial charge in [-0.3, -0.25) is 19.2 Å². The molecule has 0 bridgehead atoms. The van der Waals surface area contributed by atoms with Gasteiger partial charge < -0.3 is 37.5 Å². The zero-order valence-electron chi connectivity index (χ0n) is 11.6. The zero-order chi connectivity index (χ0) is 17.7. The lowest BCUT2D eigenvalue weighted by Crippen LogP contribution is -2.40. The monoisotopic (exact) mass is 340 g/mol. The van der Waals surface area contributed by atoms with Crippen molar-refractivity contribution in [1.29, 1.82) is 0 Å². The Balaban J connectivity index is 0. The van der Waals surface area contributed by atoms with Gasteiger partial charge in [0.2, 0.25) is 0 Å². The van der Waals surface area contributed by atoms with Crippen LogP contribution in [0.5, 0.6) is 0 Å². The van der Waals surface area contributed by atoms with E-state index in [1.807, 2.05) is 0 Å². The van der Waals surface area contributed by atoms with E-state index in [4.69, 9.17) is 28.0 Å². The normalized spacial score (nSPS) is 12.2. The van der Waals surface area contributed by atoms with Crippen LogP contribution < -0.4 is 22.9 Å². The average molecular weight is 340 g/mol. The molecule has 0 heterocycles. The SMILES string of the molecule is NCC(=O)OC(=O)CN.N[C@@H](COC(=O)[C@@H](N)CS)C(=O)O. The first-order chi connectivity index (χ1) is 10.2. The molecule has 0 radical (unpaired) electrons. The molecule has 0 rings (SSSR count). The van der Waals surface area contributed by atoms with Gasteiger partial charge in [0, 0.05) is 5.75 Å². The van der Waals surface area contributed by atoms with E-state index in [0.717, 1.165) is 0 Å². The molecule has 0 fully saturated rings. The number of carbonyl (C=O) groups excluding carboxylic acids is 3. The fourth-order valence-electron chi connectivity index (χ4n) is 0.635. The summed E-state index contributed by atoms with van der Waals surface area (Å²) in [5.74, 6) is -3.31. The van der Waals surface area contributed by atoms with Gasteiger partial charge in [0.1, 0.15) is 18.7 Å². The van der Waals surface area contributed by atoms with E-state index in [9.17, 15) is 19.2 Å². The number of nitrogens with two attached hydrogens (primary N) is 4. The maximum Gasteiger partial charge on any atom is 0.327 e. The van der Waals surface area contributed by atoms with Gasteiger partial charge in [-0.25, -0.2) is 0 Å². The second-order valence-electron chi connectivity index (χ2n) is 3.62. The Kier molecular flexibility index (Phi) is 13.3. The predicted molar refractivity (Wildman–Crippen MR) is 77.6 cm³/mol. The lowest BCUT2D eigenvalue weighted by molar-refractivity contribution is -0.157. The van der Waals surface area contributed by atoms with Gasteiger partial charge in [-0.05, 0) is 0 Å². The number of ether oxygens (including phenoxy) is 2. The van der Waals surface area contributed by atoms with Crippen LogP contribution in [0.2, 0.25) is 0 Å². The topological polar surface area (TPSA) is 211 Å². The molecular formula is C10H20N4O7S. The van der Waals surface area contributed by atoms with Crippen molar-refractivity contribution in [3.63, 3.8) is 0 Å². The molecule has 0 aromatic rings. The zero-order valence-corrected chi connectivity index (χ0v) is 12.5. The molecule has 22 heavy (non-hydrogen) atoms. The van der Waals surface area contributed by atoms with Crippen LogP contribution in [0.25, 0.3) is 0 Å². The molecular weight excluding hydrogens is 320 g/mol. The fourth-order valence-corrected chi connectivity index (χ4v) is 0.784. The maximum atomic E-state index is 10.9. The lowest BCUT2D eigenvalue weighted by atomic mass is 10.3. The Morgan fingerprint density at radius 1 is 1.00 bits per heavy atom. The van der Waals surface area contributed by atoms with Crippen LogP contribution in [0.15, 0.2) is 0 Å². The number of carboxylic acids is 1. The summed E-state index contributed by atoms with van der Waals surface area (Å²) < 4.78 is 8.52. The summed E-state index contributed by atoms with van der Waals surface area (Å²) in [6.45, 7) is -0.979. The minimum absolute atomic E-state index is 0.140. The van der Waals surface area contributed by atoms with Gasteiger partial charge in [0.05, 0.1) is 13.1 Å². The first kappa shape index (κ1) is 22.5. The summed E-state index contributed by atoms with van der Waals surface area (Å²) in [6.07, 6.45) is 0. The van der Waals surface area contributed by atoms with Crippen LogP contribution in [0.3, 0.4) is 0 Å². The smallest absolute Gasteiger partial charge is 0.327 e. The summed E-state index contributed by atoms with van der Waals surface area (Å²) >= 11 is 3.77. The summed E-state index contributed by atoms with van der Waals surface area (Å²) in [4.78, 5) is 41.4. The molecule has 0 aliphatic carbocycles. The number of rotatable bonds is 7. The molecule has 0 spiro atoms. The molecule has 0 saturated carbocycles. The molecule has 0 amide bonds. The molecule has 0 aromatic heterocycles. The Labute approximate surface area is 131 Å². The van der Waals surface area contributed by atoms with Crippen molar-refractivity contribution in [2.45, 2.75) is 12.1 Å². The number of esters is 3. The first-order valence-electron chi connectivity index (χ1n) is 5.84. The summed E-state index contributed by atoms with van der Waals surface area (Å²) in [5, 5.41) is 8.33. The molecule has 2 atom stereocenters. The average Bonchev–Trinajstić information content (AvgIpc) is 2.51. The predicted octanol–water partition coefficient (Wildman–Crippen LogP) is -3.83. The highest BCUT2D eigenvalue weighted by Crippen LogP contribution is 1.90. The van der Waals surface area contributed by atoms with Gasteiger partial charge in [0.25, 0.3) is 0 Å². The summed E-state index contributed by atoms with van der Waals surface area (Å²) in [7, 11) is 0. The molecule has 0 unspecified atom stereocenters. The lowest BCUT2D eigenvalue weighted by Gasteiger charge is -2.10. The minimum Gasteiger partial charge on any atom is -0.480 e. The van der Waals surface area contributed by atoms with E-state index in [2.05, 4.69) is 22.1 Å². The molecule has 0 saturated heterocycles. The van der Waals surface area contributed by atoms with Crippen LogP contribution in [0.1, 0.15) is 0 Å². The Morgan fingerprint density at radius 3 is 1.77 bits per heavy atom. The molecule has 0 aromatic carbocycles. The number of hydrogen-bond donors (Lipinski definition) is 6. The third kappa shape index (κ3) is 12.0. The van der Waals surface area contributed by atoms with Gasteiger partial charge in [-0.2, -0.15) is 12.6 Å². The van der Waals surface area contributed by atoms with Crippen LogP contribution in [-0.4, -0.2) is 66.5 Å². The van der Waals surface area contributed by atoms with Gasteiger partial charge in [-0.1, -0.05) is 0 Å². The van der Waals surface area contributed by atoms with E-state index < -0.39 is 36.0 Å². The quantitative estimate of drug-likeness (QED) is 0.150. The first-order valence-corrected chi connectivity index (χ1v) is 6.47. The second kappa shape index (κ2) is 13.0. The highest BCUT2D eigenvalue weighted by molar-refractivity contribution is 7.80.